The van der Waals surface area contributed by atoms with Gasteiger partial charge in [0.1, 0.15) is 5.82 Å². The fourth-order valence-corrected chi connectivity index (χ4v) is 3.65. The highest BCUT2D eigenvalue weighted by Crippen LogP contribution is 2.11. The predicted molar refractivity (Wildman–Crippen MR) is 117 cm³/mol. The van der Waals surface area contributed by atoms with Gasteiger partial charge in [0.05, 0.1) is 30.5 Å². The van der Waals surface area contributed by atoms with E-state index >= 15 is 0 Å². The van der Waals surface area contributed by atoms with Gasteiger partial charge in [-0.05, 0) is 36.9 Å². The van der Waals surface area contributed by atoms with Crippen molar-refractivity contribution in [1.82, 2.24) is 25.5 Å². The fraction of sp³-hybridized carbons (Fsp3) is 0.333. The Bertz CT molecular complexity index is 1060. The summed E-state index contributed by atoms with van der Waals surface area (Å²) in [4.78, 5) is 46.9. The molecule has 3 amide bonds. The van der Waals surface area contributed by atoms with Crippen LogP contribution in [0.1, 0.15) is 31.0 Å². The van der Waals surface area contributed by atoms with Gasteiger partial charge in [-0.2, -0.15) is 0 Å². The molecule has 0 radical (unpaired) electrons. The molecule has 1 aromatic carbocycles. The molecule has 3 rings (SSSR count). The van der Waals surface area contributed by atoms with Crippen LogP contribution in [0.5, 0.6) is 0 Å². The summed E-state index contributed by atoms with van der Waals surface area (Å²) in [5.74, 6) is 0.0658. The Hall–Kier alpha value is -3.04. The van der Waals surface area contributed by atoms with Crippen LogP contribution < -0.4 is 16.2 Å². The van der Waals surface area contributed by atoms with Crippen molar-refractivity contribution in [2.24, 2.45) is 0 Å². The number of H-pyrrole nitrogens is 1. The monoisotopic (exact) mass is 427 g/mol. The van der Waals surface area contributed by atoms with Crippen LogP contribution in [0.2, 0.25) is 0 Å². The van der Waals surface area contributed by atoms with E-state index in [1.807, 2.05) is 42.3 Å². The summed E-state index contributed by atoms with van der Waals surface area (Å²) in [6, 6.07) is 10.5. The molecule has 0 aliphatic rings. The maximum atomic E-state index is 12.4. The summed E-state index contributed by atoms with van der Waals surface area (Å²) in [5, 5.41) is 7.48. The predicted octanol–water partition coefficient (Wildman–Crippen LogP) is 2.61. The smallest absolute Gasteiger partial charge is 0.321 e. The van der Waals surface area contributed by atoms with E-state index in [0.717, 1.165) is 11.3 Å². The van der Waals surface area contributed by atoms with E-state index in [4.69, 9.17) is 0 Å². The molecule has 0 aliphatic heterocycles. The zero-order valence-corrected chi connectivity index (χ0v) is 17.8. The van der Waals surface area contributed by atoms with Crippen molar-refractivity contribution in [2.75, 3.05) is 6.54 Å². The van der Waals surface area contributed by atoms with Crippen molar-refractivity contribution in [3.63, 3.8) is 0 Å². The van der Waals surface area contributed by atoms with Gasteiger partial charge in [0, 0.05) is 10.9 Å². The summed E-state index contributed by atoms with van der Waals surface area (Å²) < 4.78 is 0. The third-order valence-electron chi connectivity index (χ3n) is 4.83. The molecule has 0 saturated heterocycles. The van der Waals surface area contributed by atoms with E-state index in [0.29, 0.717) is 29.8 Å². The average molecular weight is 428 g/mol. The number of nitrogens with one attached hydrogen (secondary N) is 3. The highest BCUT2D eigenvalue weighted by Gasteiger charge is 2.19. The van der Waals surface area contributed by atoms with E-state index in [9.17, 15) is 14.4 Å². The van der Waals surface area contributed by atoms with E-state index in [-0.39, 0.29) is 18.1 Å². The second kappa shape index (κ2) is 10.1. The Balaban J connectivity index is 1.63. The molecule has 2 heterocycles. The number of carbonyl (C=O) groups excluding carboxylic acids is 2. The summed E-state index contributed by atoms with van der Waals surface area (Å²) in [5.41, 5.74) is 0.398. The number of imide groups is 1. The van der Waals surface area contributed by atoms with Gasteiger partial charge < -0.3 is 10.3 Å². The minimum Gasteiger partial charge on any atom is -0.333 e. The molecule has 0 aliphatic carbocycles. The number of hydrogen-bond donors (Lipinski definition) is 3. The number of para-hydroxylation sites is 1. The molecule has 0 bridgehead atoms. The fourth-order valence-electron chi connectivity index (χ4n) is 3.00. The Kier molecular flexibility index (Phi) is 7.31. The first-order valence-electron chi connectivity index (χ1n) is 9.78. The largest absolute Gasteiger partial charge is 0.333 e. The summed E-state index contributed by atoms with van der Waals surface area (Å²) >= 11 is 1.53. The summed E-state index contributed by atoms with van der Waals surface area (Å²) in [6.45, 7) is 4.68. The molecule has 1 atom stereocenters. The van der Waals surface area contributed by atoms with Gasteiger partial charge in [0.25, 0.3) is 5.56 Å². The number of aromatic nitrogens is 2. The van der Waals surface area contributed by atoms with Crippen molar-refractivity contribution < 1.29 is 9.59 Å². The van der Waals surface area contributed by atoms with Crippen molar-refractivity contribution in [1.29, 1.82) is 0 Å². The molecule has 3 N–H and O–H groups in total. The van der Waals surface area contributed by atoms with Crippen LogP contribution in [0.25, 0.3) is 10.9 Å². The number of nitrogens with zero attached hydrogens (tertiary/aromatic N) is 2. The lowest BCUT2D eigenvalue weighted by atomic mass is 10.2. The lowest BCUT2D eigenvalue weighted by molar-refractivity contribution is -0.121. The van der Waals surface area contributed by atoms with Gasteiger partial charge in [-0.3, -0.25) is 19.8 Å². The van der Waals surface area contributed by atoms with Crippen LogP contribution in [-0.2, 0) is 17.9 Å². The normalized spacial score (nSPS) is 12.1. The number of thiophene rings is 1. The van der Waals surface area contributed by atoms with Crippen molar-refractivity contribution >= 4 is 34.2 Å². The first-order chi connectivity index (χ1) is 14.5. The second-order valence-corrected chi connectivity index (χ2v) is 8.03. The van der Waals surface area contributed by atoms with Gasteiger partial charge in [0.15, 0.2) is 0 Å². The van der Waals surface area contributed by atoms with Gasteiger partial charge in [-0.1, -0.05) is 25.1 Å². The Labute approximate surface area is 178 Å². The summed E-state index contributed by atoms with van der Waals surface area (Å²) in [6.07, 6.45) is 0.801. The maximum absolute atomic E-state index is 12.4. The molecule has 8 nitrogen and oxygen atoms in total. The van der Waals surface area contributed by atoms with Crippen molar-refractivity contribution in [3.8, 4) is 0 Å². The Morgan fingerprint density at radius 2 is 2.03 bits per heavy atom. The molecule has 9 heteroatoms. The number of carbonyl (C=O) groups is 2. The van der Waals surface area contributed by atoms with E-state index in [2.05, 4.69) is 20.6 Å². The standard InChI is InChI=1S/C21H25N5O3S/c1-3-14(2)26(12-18-23-17-9-5-4-8-16(17)20(28)24-18)13-19(27)25-21(29)22-11-15-7-6-10-30-15/h4-10,14H,3,11-13H2,1-2H3,(H,23,24,28)(H2,22,25,27,29). The number of aromatic amines is 1. The van der Waals surface area contributed by atoms with Crippen molar-refractivity contribution in [3.05, 3.63) is 62.8 Å². The molecule has 0 spiro atoms. The van der Waals surface area contributed by atoms with Crippen LogP contribution in [0, 0.1) is 0 Å². The first-order valence-corrected chi connectivity index (χ1v) is 10.7. The lowest BCUT2D eigenvalue weighted by Gasteiger charge is -2.27. The number of fused-ring (bicyclic) bond motifs is 1. The molecule has 0 fully saturated rings. The van der Waals surface area contributed by atoms with Crippen LogP contribution in [-0.4, -0.2) is 39.4 Å². The maximum Gasteiger partial charge on any atom is 0.321 e. The SMILES string of the molecule is CCC(C)N(CC(=O)NC(=O)NCc1cccs1)Cc1nc2ccccc2c(=O)[nH]1. The van der Waals surface area contributed by atoms with Gasteiger partial charge >= 0.3 is 6.03 Å². The van der Waals surface area contributed by atoms with E-state index < -0.39 is 11.9 Å². The summed E-state index contributed by atoms with van der Waals surface area (Å²) in [7, 11) is 0. The third-order valence-corrected chi connectivity index (χ3v) is 5.71. The molecular formula is C21H25N5O3S. The van der Waals surface area contributed by atoms with Gasteiger partial charge in [0.2, 0.25) is 5.91 Å². The molecule has 3 aromatic rings. The number of urea groups is 1. The Morgan fingerprint density at radius 3 is 2.77 bits per heavy atom. The number of rotatable bonds is 8. The van der Waals surface area contributed by atoms with Crippen LogP contribution in [0.3, 0.4) is 0 Å². The Morgan fingerprint density at radius 1 is 1.23 bits per heavy atom. The van der Waals surface area contributed by atoms with E-state index in [1.54, 1.807) is 18.2 Å². The zero-order valence-electron chi connectivity index (χ0n) is 17.0. The third kappa shape index (κ3) is 5.74. The highest BCUT2D eigenvalue weighted by atomic mass is 32.1. The quantitative estimate of drug-likeness (QED) is 0.512. The van der Waals surface area contributed by atoms with Crippen molar-refractivity contribution in [2.45, 2.75) is 39.4 Å². The molecule has 2 aromatic heterocycles. The molecule has 30 heavy (non-hydrogen) atoms. The highest BCUT2D eigenvalue weighted by molar-refractivity contribution is 7.09. The molecular weight excluding hydrogens is 402 g/mol. The van der Waals surface area contributed by atoms with Crippen LogP contribution in [0.4, 0.5) is 4.79 Å². The molecule has 0 saturated carbocycles. The lowest BCUT2D eigenvalue weighted by Crippen LogP contribution is -2.46. The number of benzene rings is 1. The van der Waals surface area contributed by atoms with Gasteiger partial charge in [-0.15, -0.1) is 11.3 Å². The number of hydrogen-bond acceptors (Lipinski definition) is 6. The van der Waals surface area contributed by atoms with Gasteiger partial charge in [-0.25, -0.2) is 9.78 Å². The second-order valence-electron chi connectivity index (χ2n) is 7.00. The molecule has 1 unspecified atom stereocenters. The topological polar surface area (TPSA) is 107 Å². The number of amides is 3. The van der Waals surface area contributed by atoms with Crippen LogP contribution in [0.15, 0.2) is 46.6 Å². The zero-order chi connectivity index (χ0) is 21.5. The minimum atomic E-state index is -0.533. The minimum absolute atomic E-state index is 0.0119. The van der Waals surface area contributed by atoms with Crippen LogP contribution >= 0.6 is 11.3 Å². The van der Waals surface area contributed by atoms with E-state index in [1.165, 1.54) is 11.3 Å². The first kappa shape index (κ1) is 21.7. The average Bonchev–Trinajstić information content (AvgIpc) is 3.25. The molecule has 158 valence electrons.